The summed E-state index contributed by atoms with van der Waals surface area (Å²) in [5.74, 6) is -1.76. The standard InChI is InChI=1S/C21H16N4O5/c1-30-15-8-7-11(19(27)23-12-5-3-2-4-6-12)9-14(15)25-16(26)10-13-17(18(25)22)21(29)24-20(13)28/h2-10H,22H2,1H3,(H,23,27)(H,24,28,29). The molecule has 1 aromatic heterocycles. The number of aromatic nitrogens is 1. The van der Waals surface area contributed by atoms with E-state index in [0.717, 1.165) is 10.6 Å². The van der Waals surface area contributed by atoms with Crippen LogP contribution in [0.2, 0.25) is 0 Å². The van der Waals surface area contributed by atoms with E-state index in [-0.39, 0.29) is 33.9 Å². The highest BCUT2D eigenvalue weighted by atomic mass is 16.5. The van der Waals surface area contributed by atoms with E-state index >= 15 is 0 Å². The average Bonchev–Trinajstić information content (AvgIpc) is 3.02. The summed E-state index contributed by atoms with van der Waals surface area (Å²) in [6.07, 6.45) is 0. The van der Waals surface area contributed by atoms with Gasteiger partial charge >= 0.3 is 0 Å². The van der Waals surface area contributed by atoms with Crippen LogP contribution in [0.1, 0.15) is 31.1 Å². The zero-order valence-electron chi connectivity index (χ0n) is 15.8. The number of carbonyl (C=O) groups excluding carboxylic acids is 3. The van der Waals surface area contributed by atoms with Gasteiger partial charge < -0.3 is 15.8 Å². The fourth-order valence-corrected chi connectivity index (χ4v) is 3.26. The largest absolute Gasteiger partial charge is 0.495 e. The number of nitrogens with one attached hydrogen (secondary N) is 2. The Kier molecular flexibility index (Phi) is 4.55. The molecule has 9 nitrogen and oxygen atoms in total. The molecule has 30 heavy (non-hydrogen) atoms. The van der Waals surface area contributed by atoms with Gasteiger partial charge in [0.2, 0.25) is 0 Å². The number of para-hydroxylation sites is 1. The van der Waals surface area contributed by atoms with Gasteiger partial charge in [0, 0.05) is 17.3 Å². The summed E-state index contributed by atoms with van der Waals surface area (Å²) in [5, 5.41) is 4.86. The number of ether oxygens (including phenoxy) is 1. The fourth-order valence-electron chi connectivity index (χ4n) is 3.26. The first-order valence-corrected chi connectivity index (χ1v) is 8.86. The number of nitrogens with two attached hydrogens (primary N) is 1. The Labute approximate surface area is 170 Å². The lowest BCUT2D eigenvalue weighted by molar-refractivity contribution is 0.0879. The van der Waals surface area contributed by atoms with Crippen molar-refractivity contribution in [2.75, 3.05) is 18.2 Å². The molecule has 2 heterocycles. The number of rotatable bonds is 4. The van der Waals surface area contributed by atoms with Crippen molar-refractivity contribution in [3.05, 3.63) is 81.6 Å². The molecule has 4 N–H and O–H groups in total. The van der Waals surface area contributed by atoms with Gasteiger partial charge in [-0.05, 0) is 30.3 Å². The number of amides is 3. The zero-order chi connectivity index (χ0) is 21.4. The quantitative estimate of drug-likeness (QED) is 0.566. The maximum Gasteiger partial charge on any atom is 0.262 e. The lowest BCUT2D eigenvalue weighted by atomic mass is 10.1. The Balaban J connectivity index is 1.84. The van der Waals surface area contributed by atoms with Crippen molar-refractivity contribution < 1.29 is 19.1 Å². The molecular weight excluding hydrogens is 388 g/mol. The van der Waals surface area contributed by atoms with Gasteiger partial charge in [0.15, 0.2) is 0 Å². The minimum atomic E-state index is -0.696. The van der Waals surface area contributed by atoms with Crippen LogP contribution in [0.4, 0.5) is 11.5 Å². The molecule has 9 heteroatoms. The predicted octanol–water partition coefficient (Wildman–Crippen LogP) is 1.56. The number of benzene rings is 2. The zero-order valence-corrected chi connectivity index (χ0v) is 15.8. The Bertz CT molecular complexity index is 1260. The van der Waals surface area contributed by atoms with Gasteiger partial charge in [0.05, 0.1) is 23.9 Å². The van der Waals surface area contributed by atoms with Crippen molar-refractivity contribution in [2.24, 2.45) is 0 Å². The number of hydrogen-bond donors (Lipinski definition) is 3. The van der Waals surface area contributed by atoms with E-state index < -0.39 is 23.3 Å². The van der Waals surface area contributed by atoms with Crippen molar-refractivity contribution in [2.45, 2.75) is 0 Å². The highest BCUT2D eigenvalue weighted by molar-refractivity contribution is 6.23. The third-order valence-corrected chi connectivity index (χ3v) is 4.67. The van der Waals surface area contributed by atoms with E-state index in [2.05, 4.69) is 10.6 Å². The second-order valence-corrected chi connectivity index (χ2v) is 6.48. The summed E-state index contributed by atoms with van der Waals surface area (Å²) in [7, 11) is 1.40. The Morgan fingerprint density at radius 2 is 1.77 bits per heavy atom. The van der Waals surface area contributed by atoms with Crippen LogP contribution in [0.3, 0.4) is 0 Å². The predicted molar refractivity (Wildman–Crippen MR) is 109 cm³/mol. The number of hydrogen-bond acceptors (Lipinski definition) is 6. The van der Waals surface area contributed by atoms with Gasteiger partial charge in [-0.3, -0.25) is 29.1 Å². The van der Waals surface area contributed by atoms with Crippen LogP contribution in [0.15, 0.2) is 59.4 Å². The van der Waals surface area contributed by atoms with Crippen molar-refractivity contribution in [1.82, 2.24) is 9.88 Å². The van der Waals surface area contributed by atoms with Crippen LogP contribution >= 0.6 is 0 Å². The molecular formula is C21H16N4O5. The second kappa shape index (κ2) is 7.21. The molecule has 0 spiro atoms. The monoisotopic (exact) mass is 404 g/mol. The van der Waals surface area contributed by atoms with Crippen molar-refractivity contribution in [1.29, 1.82) is 0 Å². The van der Waals surface area contributed by atoms with Gasteiger partial charge in [-0.2, -0.15) is 0 Å². The SMILES string of the molecule is COc1ccc(C(=O)Nc2ccccc2)cc1-n1c(N)c2c(cc1=O)C(=O)NC2=O. The van der Waals surface area contributed by atoms with Crippen LogP contribution in [-0.4, -0.2) is 29.4 Å². The lowest BCUT2D eigenvalue weighted by Gasteiger charge is -2.16. The number of anilines is 2. The first kappa shape index (κ1) is 18.9. The highest BCUT2D eigenvalue weighted by Crippen LogP contribution is 2.29. The second-order valence-electron chi connectivity index (χ2n) is 6.48. The van der Waals surface area contributed by atoms with Gasteiger partial charge in [-0.25, -0.2) is 0 Å². The number of methoxy groups -OCH3 is 1. The van der Waals surface area contributed by atoms with Gasteiger partial charge in [0.25, 0.3) is 23.3 Å². The van der Waals surface area contributed by atoms with Crippen molar-refractivity contribution in [3.63, 3.8) is 0 Å². The Hall–Kier alpha value is -4.40. The molecule has 1 aliphatic heterocycles. The normalized spacial score (nSPS) is 12.3. The third-order valence-electron chi connectivity index (χ3n) is 4.67. The summed E-state index contributed by atoms with van der Waals surface area (Å²) in [5.41, 5.74) is 6.26. The minimum Gasteiger partial charge on any atom is -0.495 e. The molecule has 0 atom stereocenters. The van der Waals surface area contributed by atoms with Gasteiger partial charge in [0.1, 0.15) is 11.6 Å². The summed E-state index contributed by atoms with van der Waals surface area (Å²) in [6, 6.07) is 14.4. The molecule has 150 valence electrons. The minimum absolute atomic E-state index is 0.0873. The van der Waals surface area contributed by atoms with Crippen LogP contribution < -0.4 is 26.7 Å². The van der Waals surface area contributed by atoms with Crippen LogP contribution in [-0.2, 0) is 0 Å². The molecule has 0 bridgehead atoms. The summed E-state index contributed by atoms with van der Waals surface area (Å²) in [4.78, 5) is 49.4. The van der Waals surface area contributed by atoms with Crippen LogP contribution in [0.25, 0.3) is 5.69 Å². The molecule has 0 saturated carbocycles. The maximum absolute atomic E-state index is 12.7. The molecule has 0 radical (unpaired) electrons. The average molecular weight is 404 g/mol. The van der Waals surface area contributed by atoms with Crippen LogP contribution in [0, 0.1) is 0 Å². The van der Waals surface area contributed by atoms with E-state index in [4.69, 9.17) is 10.5 Å². The highest BCUT2D eigenvalue weighted by Gasteiger charge is 2.32. The number of carbonyl (C=O) groups is 3. The number of imide groups is 1. The molecule has 4 rings (SSSR count). The molecule has 1 aliphatic rings. The topological polar surface area (TPSA) is 133 Å². The Morgan fingerprint density at radius 1 is 1.03 bits per heavy atom. The maximum atomic E-state index is 12.7. The van der Waals surface area contributed by atoms with E-state index in [1.807, 2.05) is 6.07 Å². The number of fused-ring (bicyclic) bond motifs is 1. The molecule has 3 amide bonds. The van der Waals surface area contributed by atoms with Crippen LogP contribution in [0.5, 0.6) is 5.75 Å². The molecule has 0 fully saturated rings. The molecule has 2 aromatic carbocycles. The molecule has 0 unspecified atom stereocenters. The van der Waals surface area contributed by atoms with E-state index in [1.165, 1.54) is 25.3 Å². The first-order valence-electron chi connectivity index (χ1n) is 8.86. The van der Waals surface area contributed by atoms with E-state index in [0.29, 0.717) is 5.69 Å². The molecule has 0 aliphatic carbocycles. The van der Waals surface area contributed by atoms with Crippen molar-refractivity contribution >= 4 is 29.2 Å². The smallest absolute Gasteiger partial charge is 0.262 e. The van der Waals surface area contributed by atoms with E-state index in [9.17, 15) is 19.2 Å². The fraction of sp³-hybridized carbons (Fsp3) is 0.0476. The summed E-state index contributed by atoms with van der Waals surface area (Å²) < 4.78 is 6.35. The van der Waals surface area contributed by atoms with Gasteiger partial charge in [-0.15, -0.1) is 0 Å². The first-order chi connectivity index (χ1) is 14.4. The number of nitrogens with zero attached hydrogens (tertiary/aromatic N) is 1. The van der Waals surface area contributed by atoms with E-state index in [1.54, 1.807) is 24.3 Å². The summed E-state index contributed by atoms with van der Waals surface area (Å²) >= 11 is 0. The number of nitrogen functional groups attached to an aromatic ring is 1. The van der Waals surface area contributed by atoms with Crippen molar-refractivity contribution in [3.8, 4) is 11.4 Å². The third kappa shape index (κ3) is 3.08. The molecule has 3 aromatic rings. The lowest BCUT2D eigenvalue weighted by Crippen LogP contribution is -2.25. The number of pyridine rings is 1. The van der Waals surface area contributed by atoms with Gasteiger partial charge in [-0.1, -0.05) is 18.2 Å². The molecule has 0 saturated heterocycles. The summed E-state index contributed by atoms with van der Waals surface area (Å²) in [6.45, 7) is 0. The Morgan fingerprint density at radius 3 is 2.47 bits per heavy atom.